The van der Waals surface area contributed by atoms with Crippen LogP contribution in [0.1, 0.15) is 64.7 Å². The number of unbranched alkanes of at least 4 members (excludes halogenated alkanes) is 1. The zero-order valence-electron chi connectivity index (χ0n) is 19.2. The number of rotatable bonds is 7. The van der Waals surface area contributed by atoms with Crippen LogP contribution >= 0.6 is 35.8 Å². The van der Waals surface area contributed by atoms with E-state index in [-0.39, 0.29) is 35.6 Å². The molecule has 5 aliphatic rings. The van der Waals surface area contributed by atoms with Crippen molar-refractivity contribution in [1.29, 1.82) is 0 Å². The Morgan fingerprint density at radius 2 is 1.91 bits per heavy atom. The zero-order valence-corrected chi connectivity index (χ0v) is 21.6. The summed E-state index contributed by atoms with van der Waals surface area (Å²) < 4.78 is 14.1. The summed E-state index contributed by atoms with van der Waals surface area (Å²) >= 11 is 7.79. The number of thioether (sulfide) groups is 1. The first-order valence-corrected chi connectivity index (χ1v) is 13.5. The average Bonchev–Trinajstić information content (AvgIpc) is 3.08. The lowest BCUT2D eigenvalue weighted by molar-refractivity contribution is -0.116. The van der Waals surface area contributed by atoms with Crippen molar-refractivity contribution in [1.82, 2.24) is 4.90 Å². The largest absolute Gasteiger partial charge is 0.347 e. The van der Waals surface area contributed by atoms with Crippen LogP contribution in [0.5, 0.6) is 0 Å². The van der Waals surface area contributed by atoms with Gasteiger partial charge >= 0.3 is 0 Å². The third-order valence-corrected chi connectivity index (χ3v) is 9.18. The summed E-state index contributed by atoms with van der Waals surface area (Å²) in [5.74, 6) is 2.84. The number of aliphatic imine (C=N–C) groups is 1. The number of carbonyl (C=O) groups excluding carboxylic acids is 1. The summed E-state index contributed by atoms with van der Waals surface area (Å²) in [5, 5.41) is 4.28. The molecule has 0 radical (unpaired) electrons. The van der Waals surface area contributed by atoms with Crippen LogP contribution in [0.2, 0.25) is 5.02 Å². The molecule has 4 saturated carbocycles. The van der Waals surface area contributed by atoms with Crippen molar-refractivity contribution in [2.45, 2.75) is 76.3 Å². The van der Waals surface area contributed by atoms with Gasteiger partial charge in [0.1, 0.15) is 5.82 Å². The smallest absolute Gasteiger partial charge is 0.226 e. The highest BCUT2D eigenvalue weighted by Gasteiger charge is 2.51. The molecule has 4 aliphatic carbocycles. The SMILES string of the molecule is CCCCN1C(=NC23CC4CC(CC(C4)C2)C3)SCC1CC(=O)Nc1cc(Cl)ccc1F.Cl. The van der Waals surface area contributed by atoms with Crippen LogP contribution in [0.3, 0.4) is 0 Å². The van der Waals surface area contributed by atoms with Gasteiger partial charge in [0.05, 0.1) is 11.2 Å². The lowest BCUT2D eigenvalue weighted by Crippen LogP contribution is -2.50. The van der Waals surface area contributed by atoms with Gasteiger partial charge in [0, 0.05) is 29.8 Å². The number of anilines is 1. The summed E-state index contributed by atoms with van der Waals surface area (Å²) in [7, 11) is 0. The first kappa shape index (κ1) is 25.1. The lowest BCUT2D eigenvalue weighted by Gasteiger charge is -2.55. The Labute approximate surface area is 211 Å². The van der Waals surface area contributed by atoms with Crippen molar-refractivity contribution in [3.05, 3.63) is 29.0 Å². The summed E-state index contributed by atoms with van der Waals surface area (Å²) in [6.07, 6.45) is 10.5. The highest BCUT2D eigenvalue weighted by Crippen LogP contribution is 2.57. The van der Waals surface area contributed by atoms with Crippen LogP contribution < -0.4 is 5.32 Å². The van der Waals surface area contributed by atoms with E-state index in [2.05, 4.69) is 17.1 Å². The maximum absolute atomic E-state index is 14.1. The van der Waals surface area contributed by atoms with Gasteiger partial charge in [0.15, 0.2) is 5.17 Å². The van der Waals surface area contributed by atoms with Crippen molar-refractivity contribution in [3.63, 3.8) is 0 Å². The van der Waals surface area contributed by atoms with Crippen molar-refractivity contribution >= 4 is 52.5 Å². The predicted molar refractivity (Wildman–Crippen MR) is 138 cm³/mol. The molecule has 1 atom stereocenters. The number of amidine groups is 1. The number of nitrogens with zero attached hydrogens (tertiary/aromatic N) is 2. The molecule has 8 heteroatoms. The van der Waals surface area contributed by atoms with Gasteiger partial charge in [-0.2, -0.15) is 0 Å². The predicted octanol–water partition coefficient (Wildman–Crippen LogP) is 6.77. The Hall–Kier alpha value is -0.980. The van der Waals surface area contributed by atoms with E-state index in [1.807, 2.05) is 11.8 Å². The van der Waals surface area contributed by atoms with E-state index in [0.717, 1.165) is 48.1 Å². The number of carbonyl (C=O) groups is 1. The van der Waals surface area contributed by atoms with Crippen LogP contribution in [0.25, 0.3) is 0 Å². The number of halogens is 3. The van der Waals surface area contributed by atoms with Gasteiger partial charge in [-0.15, -0.1) is 12.4 Å². The fourth-order valence-corrected chi connectivity index (χ4v) is 8.26. The molecule has 33 heavy (non-hydrogen) atoms. The maximum atomic E-state index is 14.1. The normalized spacial score (nSPS) is 33.4. The molecular formula is C25H34Cl2FN3OS. The van der Waals surface area contributed by atoms with E-state index in [0.29, 0.717) is 11.4 Å². The minimum atomic E-state index is -0.463. The van der Waals surface area contributed by atoms with E-state index in [1.54, 1.807) is 0 Å². The molecule has 6 rings (SSSR count). The molecule has 5 fully saturated rings. The Morgan fingerprint density at radius 3 is 2.55 bits per heavy atom. The minimum absolute atomic E-state index is 0. The van der Waals surface area contributed by atoms with Gasteiger partial charge in [-0.25, -0.2) is 4.39 Å². The number of benzene rings is 1. The summed E-state index contributed by atoms with van der Waals surface area (Å²) in [6.45, 7) is 3.13. The van der Waals surface area contributed by atoms with Crippen LogP contribution in [0.15, 0.2) is 23.2 Å². The Morgan fingerprint density at radius 1 is 1.24 bits per heavy atom. The molecular weight excluding hydrogens is 480 g/mol. The molecule has 1 heterocycles. The number of hydrogen-bond donors (Lipinski definition) is 1. The van der Waals surface area contributed by atoms with Gasteiger partial charge in [-0.05, 0) is 80.9 Å². The van der Waals surface area contributed by atoms with E-state index >= 15 is 0 Å². The fraction of sp³-hybridized carbons (Fsp3) is 0.680. The molecule has 0 spiro atoms. The topological polar surface area (TPSA) is 44.7 Å². The average molecular weight is 515 g/mol. The van der Waals surface area contributed by atoms with E-state index in [4.69, 9.17) is 16.6 Å². The first-order valence-electron chi connectivity index (χ1n) is 12.2. The third-order valence-electron chi connectivity index (χ3n) is 7.81. The second kappa shape index (κ2) is 10.3. The van der Waals surface area contributed by atoms with Crippen LogP contribution in [-0.2, 0) is 4.79 Å². The molecule has 1 aromatic carbocycles. The second-order valence-corrected chi connectivity index (χ2v) is 11.8. The first-order chi connectivity index (χ1) is 15.4. The van der Waals surface area contributed by atoms with Crippen LogP contribution in [-0.4, -0.2) is 39.9 Å². The van der Waals surface area contributed by atoms with Gasteiger partial charge in [-0.1, -0.05) is 36.7 Å². The molecule has 1 aliphatic heterocycles. The van der Waals surface area contributed by atoms with Gasteiger partial charge < -0.3 is 10.2 Å². The Bertz CT molecular complexity index is 876. The monoisotopic (exact) mass is 513 g/mol. The summed E-state index contributed by atoms with van der Waals surface area (Å²) in [4.78, 5) is 20.6. The third kappa shape index (κ3) is 5.48. The second-order valence-electron chi connectivity index (χ2n) is 10.4. The van der Waals surface area contributed by atoms with Gasteiger partial charge in [-0.3, -0.25) is 9.79 Å². The van der Waals surface area contributed by atoms with E-state index in [9.17, 15) is 9.18 Å². The molecule has 1 unspecified atom stereocenters. The Kier molecular flexibility index (Phi) is 7.86. The molecule has 1 saturated heterocycles. The fourth-order valence-electron chi connectivity index (χ4n) is 6.79. The van der Waals surface area contributed by atoms with Gasteiger partial charge in [0.2, 0.25) is 5.91 Å². The Balaban J connectivity index is 0.00000259. The maximum Gasteiger partial charge on any atom is 0.226 e. The molecule has 1 amide bonds. The van der Waals surface area contributed by atoms with Crippen molar-refractivity contribution in [3.8, 4) is 0 Å². The summed E-state index contributed by atoms with van der Waals surface area (Å²) in [6, 6.07) is 4.33. The van der Waals surface area contributed by atoms with Crippen molar-refractivity contribution < 1.29 is 9.18 Å². The van der Waals surface area contributed by atoms with Crippen molar-refractivity contribution in [2.75, 3.05) is 17.6 Å². The van der Waals surface area contributed by atoms with E-state index in [1.165, 1.54) is 56.7 Å². The molecule has 182 valence electrons. The van der Waals surface area contributed by atoms with Crippen LogP contribution in [0.4, 0.5) is 10.1 Å². The summed E-state index contributed by atoms with van der Waals surface area (Å²) in [5.41, 5.74) is 0.290. The zero-order chi connectivity index (χ0) is 22.3. The standard InChI is InChI=1S/C25H33ClFN3OS.ClH/c1-2-3-6-30-20(11-23(31)28-22-10-19(26)4-5-21(22)27)15-32-24(30)29-25-12-16-7-17(13-25)9-18(8-16)14-25;/h4-5,10,16-18,20H,2-3,6-9,11-15H2,1H3,(H,28,31);1H. The highest BCUT2D eigenvalue weighted by molar-refractivity contribution is 8.14. The van der Waals surface area contributed by atoms with Gasteiger partial charge in [0.25, 0.3) is 0 Å². The number of amides is 1. The quantitative estimate of drug-likeness (QED) is 0.437. The minimum Gasteiger partial charge on any atom is -0.347 e. The molecule has 1 N–H and O–H groups in total. The molecule has 0 aromatic heterocycles. The number of nitrogens with one attached hydrogen (secondary N) is 1. The van der Waals surface area contributed by atoms with Crippen LogP contribution in [0, 0.1) is 23.6 Å². The van der Waals surface area contributed by atoms with Crippen molar-refractivity contribution in [2.24, 2.45) is 22.7 Å². The highest BCUT2D eigenvalue weighted by atomic mass is 35.5. The lowest BCUT2D eigenvalue weighted by atomic mass is 9.53. The molecule has 1 aromatic rings. The molecule has 4 bridgehead atoms. The number of hydrogen-bond acceptors (Lipinski definition) is 3. The van der Waals surface area contributed by atoms with E-state index < -0.39 is 5.82 Å². The molecule has 4 nitrogen and oxygen atoms in total.